The first-order valence-electron chi connectivity index (χ1n) is 5.86. The van der Waals surface area contributed by atoms with E-state index in [4.69, 9.17) is 0 Å². The lowest BCUT2D eigenvalue weighted by atomic mass is 9.99. The number of aldehydes is 1. The van der Waals surface area contributed by atoms with E-state index >= 15 is 0 Å². The van der Waals surface area contributed by atoms with Gasteiger partial charge < -0.3 is 4.74 Å². The Kier molecular flexibility index (Phi) is 4.08. The Balaban J connectivity index is 2.40. The van der Waals surface area contributed by atoms with Crippen molar-refractivity contribution in [1.29, 1.82) is 0 Å². The summed E-state index contributed by atoms with van der Waals surface area (Å²) in [5.41, 5.74) is 1.22. The van der Waals surface area contributed by atoms with Gasteiger partial charge in [-0.1, -0.05) is 42.5 Å². The lowest BCUT2D eigenvalue weighted by Crippen LogP contribution is -2.18. The third kappa shape index (κ3) is 3.60. The molecule has 0 bridgehead atoms. The summed E-state index contributed by atoms with van der Waals surface area (Å²) in [5, 5.41) is 0. The van der Waals surface area contributed by atoms with Crippen LogP contribution in [0.15, 0.2) is 48.5 Å². The van der Waals surface area contributed by atoms with Crippen molar-refractivity contribution >= 4 is 6.29 Å². The minimum atomic E-state index is -4.78. The molecule has 20 heavy (non-hydrogen) atoms. The molecule has 0 aliphatic heterocycles. The van der Waals surface area contributed by atoms with Crippen LogP contribution >= 0.6 is 0 Å². The third-order valence-electron chi connectivity index (χ3n) is 2.75. The molecule has 0 aliphatic carbocycles. The molecule has 104 valence electrons. The first kappa shape index (κ1) is 14.1. The summed E-state index contributed by atoms with van der Waals surface area (Å²) in [6.45, 7) is 0. The highest BCUT2D eigenvalue weighted by atomic mass is 19.4. The Morgan fingerprint density at radius 3 is 2.30 bits per heavy atom. The highest BCUT2D eigenvalue weighted by Gasteiger charge is 2.32. The van der Waals surface area contributed by atoms with Crippen molar-refractivity contribution in [2.45, 2.75) is 12.8 Å². The lowest BCUT2D eigenvalue weighted by Gasteiger charge is -2.14. The zero-order valence-electron chi connectivity index (χ0n) is 10.4. The number of benzene rings is 2. The number of hydrogen-bond donors (Lipinski definition) is 0. The fraction of sp³-hybridized carbons (Fsp3) is 0.133. The van der Waals surface area contributed by atoms with Crippen LogP contribution in [0.4, 0.5) is 13.2 Å². The van der Waals surface area contributed by atoms with Crippen LogP contribution < -0.4 is 4.74 Å². The average Bonchev–Trinajstić information content (AvgIpc) is 2.40. The number of ether oxygens (including phenoxy) is 1. The maximum absolute atomic E-state index is 12.4. The normalized spacial score (nSPS) is 11.2. The van der Waals surface area contributed by atoms with E-state index in [1.807, 2.05) is 6.07 Å². The monoisotopic (exact) mass is 280 g/mol. The van der Waals surface area contributed by atoms with Crippen LogP contribution in [0.2, 0.25) is 0 Å². The highest BCUT2D eigenvalue weighted by molar-refractivity contribution is 5.79. The molecule has 5 heteroatoms. The predicted octanol–water partition coefficient (Wildman–Crippen LogP) is 3.99. The van der Waals surface area contributed by atoms with E-state index in [1.165, 1.54) is 18.2 Å². The van der Waals surface area contributed by atoms with Gasteiger partial charge in [-0.3, -0.25) is 4.79 Å². The van der Waals surface area contributed by atoms with Crippen molar-refractivity contribution in [1.82, 2.24) is 0 Å². The van der Waals surface area contributed by atoms with Gasteiger partial charge in [0, 0.05) is 17.5 Å². The summed E-state index contributed by atoms with van der Waals surface area (Å²) in [4.78, 5) is 11.0. The number of hydrogen-bond acceptors (Lipinski definition) is 2. The Morgan fingerprint density at radius 1 is 1.00 bits per heavy atom. The van der Waals surface area contributed by atoms with Gasteiger partial charge in [-0.25, -0.2) is 0 Å². The van der Waals surface area contributed by atoms with Crippen molar-refractivity contribution in [3.63, 3.8) is 0 Å². The van der Waals surface area contributed by atoms with Gasteiger partial charge in [0.25, 0.3) is 0 Å². The summed E-state index contributed by atoms with van der Waals surface area (Å²) < 4.78 is 41.1. The summed E-state index contributed by atoms with van der Waals surface area (Å²) in [6, 6.07) is 13.0. The molecule has 2 aromatic rings. The SMILES string of the molecule is O=Cc1cccc(OC(F)(F)F)c1Cc1ccccc1. The van der Waals surface area contributed by atoms with Crippen LogP contribution in [0.3, 0.4) is 0 Å². The molecule has 2 aromatic carbocycles. The lowest BCUT2D eigenvalue weighted by molar-refractivity contribution is -0.274. The summed E-state index contributed by atoms with van der Waals surface area (Å²) in [5.74, 6) is -0.342. The zero-order valence-corrected chi connectivity index (χ0v) is 10.4. The largest absolute Gasteiger partial charge is 0.573 e. The minimum absolute atomic E-state index is 0.190. The van der Waals surface area contributed by atoms with Gasteiger partial charge in [0.05, 0.1) is 0 Å². The molecule has 0 fully saturated rings. The summed E-state index contributed by atoms with van der Waals surface area (Å²) in [6.07, 6.45) is -4.06. The molecule has 2 nitrogen and oxygen atoms in total. The van der Waals surface area contributed by atoms with Crippen molar-refractivity contribution in [2.75, 3.05) is 0 Å². The maximum Gasteiger partial charge on any atom is 0.573 e. The smallest absolute Gasteiger partial charge is 0.405 e. The number of alkyl halides is 3. The van der Waals surface area contributed by atoms with E-state index in [0.717, 1.165) is 5.56 Å². The summed E-state index contributed by atoms with van der Waals surface area (Å²) in [7, 11) is 0. The average molecular weight is 280 g/mol. The van der Waals surface area contributed by atoms with Gasteiger partial charge in [-0.15, -0.1) is 13.2 Å². The molecule has 0 aromatic heterocycles. The molecule has 0 aliphatic rings. The molecule has 0 amide bonds. The van der Waals surface area contributed by atoms with Crippen LogP contribution in [0.25, 0.3) is 0 Å². The first-order chi connectivity index (χ1) is 9.49. The zero-order chi connectivity index (χ0) is 14.6. The standard InChI is InChI=1S/C15H11F3O2/c16-15(17,18)20-14-8-4-7-12(10-19)13(14)9-11-5-2-1-3-6-11/h1-8,10H,9H2. The Bertz CT molecular complexity index is 592. The Labute approximate surface area is 113 Å². The second kappa shape index (κ2) is 5.77. The van der Waals surface area contributed by atoms with Gasteiger partial charge >= 0.3 is 6.36 Å². The molecule has 0 radical (unpaired) electrons. The number of carbonyl (C=O) groups excluding carboxylic acids is 1. The number of carbonyl (C=O) groups is 1. The fourth-order valence-corrected chi connectivity index (χ4v) is 1.90. The Hall–Kier alpha value is -2.30. The third-order valence-corrected chi connectivity index (χ3v) is 2.75. The molecule has 0 unspecified atom stereocenters. The van der Waals surface area contributed by atoms with Crippen LogP contribution in [0.1, 0.15) is 21.5 Å². The first-order valence-corrected chi connectivity index (χ1v) is 5.86. The van der Waals surface area contributed by atoms with Gasteiger partial charge in [0.1, 0.15) is 12.0 Å². The molecular formula is C15H11F3O2. The van der Waals surface area contributed by atoms with E-state index in [0.29, 0.717) is 6.29 Å². The van der Waals surface area contributed by atoms with Crippen LogP contribution in [-0.2, 0) is 6.42 Å². The molecule has 0 saturated heterocycles. The molecule has 0 heterocycles. The number of halogens is 3. The van der Waals surface area contributed by atoms with Gasteiger partial charge in [0.15, 0.2) is 0 Å². The Morgan fingerprint density at radius 2 is 1.70 bits per heavy atom. The highest BCUT2D eigenvalue weighted by Crippen LogP contribution is 2.29. The second-order valence-electron chi connectivity index (χ2n) is 4.15. The van der Waals surface area contributed by atoms with Gasteiger partial charge in [-0.2, -0.15) is 0 Å². The van der Waals surface area contributed by atoms with Crippen LogP contribution in [0.5, 0.6) is 5.75 Å². The van der Waals surface area contributed by atoms with Crippen molar-refractivity contribution in [3.8, 4) is 5.75 Å². The van der Waals surface area contributed by atoms with Crippen LogP contribution in [-0.4, -0.2) is 12.6 Å². The topological polar surface area (TPSA) is 26.3 Å². The van der Waals surface area contributed by atoms with Crippen LogP contribution in [0, 0.1) is 0 Å². The second-order valence-corrected chi connectivity index (χ2v) is 4.15. The molecule has 0 spiro atoms. The molecule has 2 rings (SSSR count). The van der Waals surface area contributed by atoms with E-state index in [1.54, 1.807) is 24.3 Å². The molecule has 0 N–H and O–H groups in total. The van der Waals surface area contributed by atoms with E-state index in [9.17, 15) is 18.0 Å². The van der Waals surface area contributed by atoms with Gasteiger partial charge in [0.2, 0.25) is 0 Å². The van der Waals surface area contributed by atoms with Crippen molar-refractivity contribution < 1.29 is 22.7 Å². The molecule has 0 atom stereocenters. The fourth-order valence-electron chi connectivity index (χ4n) is 1.90. The molecule has 0 saturated carbocycles. The van der Waals surface area contributed by atoms with Crippen molar-refractivity contribution in [2.24, 2.45) is 0 Å². The quantitative estimate of drug-likeness (QED) is 0.792. The van der Waals surface area contributed by atoms with Gasteiger partial charge in [-0.05, 0) is 11.6 Å². The summed E-state index contributed by atoms with van der Waals surface area (Å²) >= 11 is 0. The van der Waals surface area contributed by atoms with E-state index in [-0.39, 0.29) is 23.3 Å². The predicted molar refractivity (Wildman–Crippen MR) is 67.8 cm³/mol. The number of rotatable bonds is 4. The van der Waals surface area contributed by atoms with E-state index < -0.39 is 6.36 Å². The van der Waals surface area contributed by atoms with E-state index in [2.05, 4.69) is 4.74 Å². The molecular weight excluding hydrogens is 269 g/mol. The van der Waals surface area contributed by atoms with Crippen molar-refractivity contribution in [3.05, 3.63) is 65.2 Å². The maximum atomic E-state index is 12.4. The minimum Gasteiger partial charge on any atom is -0.405 e.